The first-order valence-corrected chi connectivity index (χ1v) is 9.12. The Bertz CT molecular complexity index is 300. The standard InChI is InChI=1S/C13H23NO3S2/c1-2-3-6-18-7-4-12(15)14-5-8-19-10-11(14)9-13(16)17/h11H,2-10H2,1H3,(H,16,17). The lowest BCUT2D eigenvalue weighted by atomic mass is 10.2. The molecule has 1 saturated heterocycles. The molecule has 0 aromatic heterocycles. The smallest absolute Gasteiger partial charge is 0.305 e. The number of carbonyl (C=O) groups excluding carboxylic acids is 1. The van der Waals surface area contributed by atoms with Crippen molar-refractivity contribution < 1.29 is 14.7 Å². The fraction of sp³-hybridized carbons (Fsp3) is 0.846. The Labute approximate surface area is 123 Å². The second-order valence-corrected chi connectivity index (χ2v) is 7.00. The van der Waals surface area contributed by atoms with E-state index >= 15 is 0 Å². The topological polar surface area (TPSA) is 57.6 Å². The van der Waals surface area contributed by atoms with Gasteiger partial charge in [0.25, 0.3) is 0 Å². The predicted molar refractivity (Wildman–Crippen MR) is 81.9 cm³/mol. The highest BCUT2D eigenvalue weighted by Crippen LogP contribution is 2.20. The molecule has 0 radical (unpaired) electrons. The van der Waals surface area contributed by atoms with E-state index in [-0.39, 0.29) is 18.4 Å². The van der Waals surface area contributed by atoms with Crippen molar-refractivity contribution >= 4 is 35.4 Å². The summed E-state index contributed by atoms with van der Waals surface area (Å²) < 4.78 is 0. The lowest BCUT2D eigenvalue weighted by Crippen LogP contribution is -2.47. The molecular weight excluding hydrogens is 282 g/mol. The number of carbonyl (C=O) groups is 2. The van der Waals surface area contributed by atoms with Gasteiger partial charge in [0, 0.05) is 30.2 Å². The van der Waals surface area contributed by atoms with Crippen LogP contribution in [-0.2, 0) is 9.59 Å². The Hall–Kier alpha value is -0.360. The molecule has 0 aromatic carbocycles. The summed E-state index contributed by atoms with van der Waals surface area (Å²) in [6, 6.07) is -0.121. The quantitative estimate of drug-likeness (QED) is 0.698. The lowest BCUT2D eigenvalue weighted by molar-refractivity contribution is -0.140. The molecule has 1 amide bonds. The molecular formula is C13H23NO3S2. The van der Waals surface area contributed by atoms with Crippen molar-refractivity contribution in [3.8, 4) is 0 Å². The van der Waals surface area contributed by atoms with Crippen LogP contribution in [0.15, 0.2) is 0 Å². The van der Waals surface area contributed by atoms with Crippen molar-refractivity contribution in [1.29, 1.82) is 0 Å². The van der Waals surface area contributed by atoms with Crippen LogP contribution in [0.5, 0.6) is 0 Å². The van der Waals surface area contributed by atoms with E-state index in [1.165, 1.54) is 12.8 Å². The molecule has 1 atom stereocenters. The van der Waals surface area contributed by atoms with E-state index in [9.17, 15) is 9.59 Å². The summed E-state index contributed by atoms with van der Waals surface area (Å²) in [5, 5.41) is 8.89. The molecule has 1 aliphatic rings. The normalized spacial score (nSPS) is 19.4. The van der Waals surface area contributed by atoms with E-state index in [4.69, 9.17) is 5.11 Å². The maximum Gasteiger partial charge on any atom is 0.305 e. The second kappa shape index (κ2) is 9.53. The molecule has 110 valence electrons. The van der Waals surface area contributed by atoms with Gasteiger partial charge in [-0.3, -0.25) is 9.59 Å². The van der Waals surface area contributed by atoms with Gasteiger partial charge in [0.2, 0.25) is 5.91 Å². The van der Waals surface area contributed by atoms with Crippen molar-refractivity contribution in [2.45, 2.75) is 38.6 Å². The van der Waals surface area contributed by atoms with Gasteiger partial charge in [-0.2, -0.15) is 23.5 Å². The summed E-state index contributed by atoms with van der Waals surface area (Å²) in [7, 11) is 0. The predicted octanol–water partition coefficient (Wildman–Crippen LogP) is 2.33. The molecule has 6 heteroatoms. The molecule has 1 rings (SSSR count). The zero-order chi connectivity index (χ0) is 14.1. The van der Waals surface area contributed by atoms with Crippen LogP contribution in [0.1, 0.15) is 32.6 Å². The number of hydrogen-bond donors (Lipinski definition) is 1. The van der Waals surface area contributed by atoms with Crippen LogP contribution in [0.2, 0.25) is 0 Å². The number of aliphatic carboxylic acids is 1. The van der Waals surface area contributed by atoms with Crippen LogP contribution >= 0.6 is 23.5 Å². The van der Waals surface area contributed by atoms with Gasteiger partial charge in [0.15, 0.2) is 0 Å². The molecule has 0 aromatic rings. The Morgan fingerprint density at radius 3 is 2.89 bits per heavy atom. The van der Waals surface area contributed by atoms with Gasteiger partial charge < -0.3 is 10.0 Å². The van der Waals surface area contributed by atoms with E-state index in [0.717, 1.165) is 23.0 Å². The summed E-state index contributed by atoms with van der Waals surface area (Å²) in [5.74, 6) is 2.94. The third kappa shape index (κ3) is 6.56. The number of carboxylic acid groups (broad SMARTS) is 1. The zero-order valence-electron chi connectivity index (χ0n) is 11.5. The minimum atomic E-state index is -0.817. The maximum atomic E-state index is 12.1. The Kier molecular flexibility index (Phi) is 8.37. The Balaban J connectivity index is 2.32. The summed E-state index contributed by atoms with van der Waals surface area (Å²) in [4.78, 5) is 24.7. The minimum absolute atomic E-state index is 0.0711. The number of amides is 1. The molecule has 19 heavy (non-hydrogen) atoms. The van der Waals surface area contributed by atoms with Gasteiger partial charge in [0.1, 0.15) is 0 Å². The van der Waals surface area contributed by atoms with E-state index in [1.807, 2.05) is 11.8 Å². The maximum absolute atomic E-state index is 12.1. The van der Waals surface area contributed by atoms with Crippen LogP contribution in [0.25, 0.3) is 0 Å². The fourth-order valence-corrected chi connectivity index (χ4v) is 4.08. The second-order valence-electron chi connectivity index (χ2n) is 4.63. The van der Waals surface area contributed by atoms with Crippen molar-refractivity contribution in [2.24, 2.45) is 0 Å². The number of unbranched alkanes of at least 4 members (excludes halogenated alkanes) is 1. The van der Waals surface area contributed by atoms with Crippen LogP contribution < -0.4 is 0 Å². The average Bonchev–Trinajstić information content (AvgIpc) is 2.38. The first-order valence-electron chi connectivity index (χ1n) is 6.82. The van der Waals surface area contributed by atoms with E-state index in [0.29, 0.717) is 13.0 Å². The molecule has 4 nitrogen and oxygen atoms in total. The monoisotopic (exact) mass is 305 g/mol. The molecule has 0 aliphatic carbocycles. The number of hydrogen-bond acceptors (Lipinski definition) is 4. The zero-order valence-corrected chi connectivity index (χ0v) is 13.1. The molecule has 1 heterocycles. The van der Waals surface area contributed by atoms with Gasteiger partial charge >= 0.3 is 5.97 Å². The van der Waals surface area contributed by atoms with E-state index < -0.39 is 5.97 Å². The van der Waals surface area contributed by atoms with Gasteiger partial charge in [-0.05, 0) is 12.2 Å². The SMILES string of the molecule is CCCCSCCC(=O)N1CCSCC1CC(=O)O. The summed E-state index contributed by atoms with van der Waals surface area (Å²) >= 11 is 3.55. The Morgan fingerprint density at radius 2 is 2.21 bits per heavy atom. The highest BCUT2D eigenvalue weighted by atomic mass is 32.2. The number of nitrogens with zero attached hydrogens (tertiary/aromatic N) is 1. The highest BCUT2D eigenvalue weighted by molar-refractivity contribution is 7.99. The summed E-state index contributed by atoms with van der Waals surface area (Å²) in [5.41, 5.74) is 0. The molecule has 0 saturated carbocycles. The van der Waals surface area contributed by atoms with Gasteiger partial charge in [-0.25, -0.2) is 0 Å². The van der Waals surface area contributed by atoms with Crippen LogP contribution in [-0.4, -0.2) is 57.5 Å². The third-order valence-electron chi connectivity index (χ3n) is 3.06. The van der Waals surface area contributed by atoms with Crippen molar-refractivity contribution in [2.75, 3.05) is 29.6 Å². The van der Waals surface area contributed by atoms with E-state index in [1.54, 1.807) is 16.7 Å². The van der Waals surface area contributed by atoms with Gasteiger partial charge in [-0.1, -0.05) is 13.3 Å². The summed E-state index contributed by atoms with van der Waals surface area (Å²) in [6.45, 7) is 2.86. The van der Waals surface area contributed by atoms with Crippen LogP contribution in [0.3, 0.4) is 0 Å². The summed E-state index contributed by atoms with van der Waals surface area (Å²) in [6.07, 6.45) is 2.99. The van der Waals surface area contributed by atoms with Crippen molar-refractivity contribution in [1.82, 2.24) is 4.90 Å². The number of thioether (sulfide) groups is 2. The Morgan fingerprint density at radius 1 is 1.42 bits per heavy atom. The lowest BCUT2D eigenvalue weighted by Gasteiger charge is -2.34. The number of carboxylic acids is 1. The minimum Gasteiger partial charge on any atom is -0.481 e. The molecule has 1 unspecified atom stereocenters. The van der Waals surface area contributed by atoms with Gasteiger partial charge in [-0.15, -0.1) is 0 Å². The van der Waals surface area contributed by atoms with E-state index in [2.05, 4.69) is 6.92 Å². The molecule has 0 spiro atoms. The average molecular weight is 305 g/mol. The molecule has 0 bridgehead atoms. The van der Waals surface area contributed by atoms with Crippen LogP contribution in [0, 0.1) is 0 Å². The van der Waals surface area contributed by atoms with Crippen molar-refractivity contribution in [3.63, 3.8) is 0 Å². The highest BCUT2D eigenvalue weighted by Gasteiger charge is 2.28. The molecule has 1 N–H and O–H groups in total. The fourth-order valence-electron chi connectivity index (χ4n) is 2.01. The van der Waals surface area contributed by atoms with Crippen molar-refractivity contribution in [3.05, 3.63) is 0 Å². The largest absolute Gasteiger partial charge is 0.481 e. The molecule has 1 aliphatic heterocycles. The third-order valence-corrected chi connectivity index (χ3v) is 5.22. The van der Waals surface area contributed by atoms with Crippen LogP contribution in [0.4, 0.5) is 0 Å². The van der Waals surface area contributed by atoms with Gasteiger partial charge in [0.05, 0.1) is 12.5 Å². The number of rotatable bonds is 8. The molecule has 1 fully saturated rings. The first-order chi connectivity index (χ1) is 9.15. The first kappa shape index (κ1) is 16.7.